The molecule has 0 atom stereocenters. The van der Waals surface area contributed by atoms with E-state index in [4.69, 9.17) is 4.74 Å². The quantitative estimate of drug-likeness (QED) is 0.735. The van der Waals surface area contributed by atoms with Gasteiger partial charge in [-0.05, 0) is 37.6 Å². The first-order chi connectivity index (χ1) is 13.6. The Labute approximate surface area is 164 Å². The molecular weight excluding hydrogens is 354 g/mol. The summed E-state index contributed by atoms with van der Waals surface area (Å²) < 4.78 is 7.14. The summed E-state index contributed by atoms with van der Waals surface area (Å²) in [5.74, 6) is 0.365. The van der Waals surface area contributed by atoms with Gasteiger partial charge in [0.05, 0.1) is 30.4 Å². The van der Waals surface area contributed by atoms with Gasteiger partial charge in [0.1, 0.15) is 0 Å². The number of fused-ring (bicyclic) bond motifs is 1. The second kappa shape index (κ2) is 7.98. The molecule has 7 nitrogen and oxygen atoms in total. The Morgan fingerprint density at radius 1 is 1.14 bits per heavy atom. The Morgan fingerprint density at radius 3 is 2.61 bits per heavy atom. The van der Waals surface area contributed by atoms with E-state index in [1.165, 1.54) is 5.69 Å². The van der Waals surface area contributed by atoms with Crippen molar-refractivity contribution in [1.82, 2.24) is 14.5 Å². The molecule has 0 unspecified atom stereocenters. The van der Waals surface area contributed by atoms with E-state index in [1.54, 1.807) is 17.0 Å². The third kappa shape index (κ3) is 3.71. The molecule has 0 aliphatic carbocycles. The van der Waals surface area contributed by atoms with Gasteiger partial charge in [-0.2, -0.15) is 0 Å². The van der Waals surface area contributed by atoms with Gasteiger partial charge in [-0.25, -0.2) is 4.98 Å². The van der Waals surface area contributed by atoms with E-state index >= 15 is 0 Å². The van der Waals surface area contributed by atoms with E-state index in [-0.39, 0.29) is 11.6 Å². The lowest BCUT2D eigenvalue weighted by Gasteiger charge is -2.28. The first-order valence-corrected chi connectivity index (χ1v) is 9.65. The van der Waals surface area contributed by atoms with Crippen molar-refractivity contribution in [2.24, 2.45) is 0 Å². The predicted molar refractivity (Wildman–Crippen MR) is 111 cm³/mol. The van der Waals surface area contributed by atoms with Crippen LogP contribution >= 0.6 is 0 Å². The molecule has 1 fully saturated rings. The molecule has 1 aromatic carbocycles. The number of pyridine rings is 1. The molecule has 0 saturated carbocycles. The second-order valence-electron chi connectivity index (χ2n) is 7.21. The highest BCUT2D eigenvalue weighted by Gasteiger charge is 2.14. The van der Waals surface area contributed by atoms with Crippen LogP contribution in [0.15, 0.2) is 47.5 Å². The van der Waals surface area contributed by atoms with Crippen LogP contribution in [0, 0.1) is 0 Å². The van der Waals surface area contributed by atoms with Crippen LogP contribution in [-0.4, -0.2) is 40.8 Å². The third-order valence-corrected chi connectivity index (χ3v) is 4.98. The number of hydrogen-bond donors (Lipinski definition) is 1. The van der Waals surface area contributed by atoms with E-state index in [0.29, 0.717) is 12.4 Å². The summed E-state index contributed by atoms with van der Waals surface area (Å²) in [4.78, 5) is 23.9. The molecule has 0 amide bonds. The Balaban J connectivity index is 1.54. The zero-order valence-corrected chi connectivity index (χ0v) is 16.3. The molecule has 1 aliphatic heterocycles. The van der Waals surface area contributed by atoms with Gasteiger partial charge in [0, 0.05) is 37.6 Å². The van der Waals surface area contributed by atoms with E-state index < -0.39 is 0 Å². The minimum absolute atomic E-state index is 0.0237. The number of hydrogen-bond acceptors (Lipinski definition) is 6. The topological polar surface area (TPSA) is 72.3 Å². The van der Waals surface area contributed by atoms with Crippen molar-refractivity contribution in [3.8, 4) is 0 Å². The summed E-state index contributed by atoms with van der Waals surface area (Å²) in [5.41, 5.74) is 3.69. The van der Waals surface area contributed by atoms with Gasteiger partial charge in [-0.1, -0.05) is 12.1 Å². The molecule has 7 heteroatoms. The number of rotatable bonds is 5. The standard InChI is InChI=1S/C21H25N5O2/c1-15(2)26-19-14-22-8-7-18(19)24-20(21(26)27)23-13-16-3-5-17(6-4-16)25-9-11-28-12-10-25/h3-8,14-15H,9-13H2,1-2H3,(H,23,24). The number of nitrogens with zero attached hydrogens (tertiary/aromatic N) is 4. The molecular formula is C21H25N5O2. The fourth-order valence-corrected chi connectivity index (χ4v) is 3.51. The number of aromatic nitrogens is 3. The number of benzene rings is 1. The van der Waals surface area contributed by atoms with Crippen LogP contribution in [0.5, 0.6) is 0 Å². The normalized spacial score (nSPS) is 14.6. The third-order valence-electron chi connectivity index (χ3n) is 4.98. The maximum absolute atomic E-state index is 12.9. The van der Waals surface area contributed by atoms with E-state index in [2.05, 4.69) is 44.5 Å². The van der Waals surface area contributed by atoms with Crippen LogP contribution in [0.1, 0.15) is 25.5 Å². The first kappa shape index (κ1) is 18.4. The van der Waals surface area contributed by atoms with Crippen molar-refractivity contribution in [2.75, 3.05) is 36.5 Å². The summed E-state index contributed by atoms with van der Waals surface area (Å²) in [6.07, 6.45) is 3.39. The smallest absolute Gasteiger partial charge is 0.294 e. The maximum Gasteiger partial charge on any atom is 0.294 e. The van der Waals surface area contributed by atoms with Gasteiger partial charge in [0.25, 0.3) is 5.56 Å². The largest absolute Gasteiger partial charge is 0.378 e. The molecule has 3 aromatic rings. The fourth-order valence-electron chi connectivity index (χ4n) is 3.51. The lowest BCUT2D eigenvalue weighted by molar-refractivity contribution is 0.122. The fraction of sp³-hybridized carbons (Fsp3) is 0.381. The van der Waals surface area contributed by atoms with Crippen LogP contribution in [0.3, 0.4) is 0 Å². The van der Waals surface area contributed by atoms with Crippen LogP contribution in [0.25, 0.3) is 11.0 Å². The van der Waals surface area contributed by atoms with Gasteiger partial charge < -0.3 is 15.0 Å². The van der Waals surface area contributed by atoms with Crippen molar-refractivity contribution in [3.63, 3.8) is 0 Å². The molecule has 1 aliphatic rings. The Hall–Kier alpha value is -2.93. The highest BCUT2D eigenvalue weighted by Crippen LogP contribution is 2.18. The number of anilines is 2. The second-order valence-corrected chi connectivity index (χ2v) is 7.21. The van der Waals surface area contributed by atoms with Crippen molar-refractivity contribution >= 4 is 22.5 Å². The summed E-state index contributed by atoms with van der Waals surface area (Å²) in [5, 5.41) is 3.22. The van der Waals surface area contributed by atoms with Gasteiger partial charge in [-0.3, -0.25) is 14.3 Å². The molecule has 0 bridgehead atoms. The van der Waals surface area contributed by atoms with Gasteiger partial charge in [-0.15, -0.1) is 0 Å². The van der Waals surface area contributed by atoms with E-state index in [9.17, 15) is 4.79 Å². The number of nitrogens with one attached hydrogen (secondary N) is 1. The van der Waals surface area contributed by atoms with Gasteiger partial charge in [0.2, 0.25) is 0 Å². The Kier molecular flexibility index (Phi) is 5.25. The number of morpholine rings is 1. The molecule has 2 aromatic heterocycles. The summed E-state index contributed by atoms with van der Waals surface area (Å²) in [7, 11) is 0. The zero-order valence-electron chi connectivity index (χ0n) is 16.3. The molecule has 1 N–H and O–H groups in total. The van der Waals surface area contributed by atoms with Crippen LogP contribution in [-0.2, 0) is 11.3 Å². The summed E-state index contributed by atoms with van der Waals surface area (Å²) >= 11 is 0. The van der Waals surface area contributed by atoms with Gasteiger partial charge in [0.15, 0.2) is 5.82 Å². The average molecular weight is 379 g/mol. The van der Waals surface area contributed by atoms with Crippen molar-refractivity contribution in [2.45, 2.75) is 26.4 Å². The molecule has 1 saturated heterocycles. The molecule has 4 rings (SSSR count). The lowest BCUT2D eigenvalue weighted by atomic mass is 10.2. The molecule has 0 spiro atoms. The molecule has 0 radical (unpaired) electrons. The SMILES string of the molecule is CC(C)n1c(=O)c(NCc2ccc(N3CCOCC3)cc2)nc2ccncc21. The predicted octanol–water partition coefficient (Wildman–Crippen LogP) is 2.82. The van der Waals surface area contributed by atoms with E-state index in [1.807, 2.05) is 19.9 Å². The molecule has 28 heavy (non-hydrogen) atoms. The van der Waals surface area contributed by atoms with E-state index in [0.717, 1.165) is 42.9 Å². The first-order valence-electron chi connectivity index (χ1n) is 9.65. The maximum atomic E-state index is 12.9. The summed E-state index contributed by atoms with van der Waals surface area (Å²) in [6.45, 7) is 7.90. The van der Waals surface area contributed by atoms with Crippen molar-refractivity contribution in [1.29, 1.82) is 0 Å². The highest BCUT2D eigenvalue weighted by molar-refractivity contribution is 5.75. The Bertz CT molecular complexity index is 1010. The minimum Gasteiger partial charge on any atom is -0.378 e. The highest BCUT2D eigenvalue weighted by atomic mass is 16.5. The molecule has 3 heterocycles. The van der Waals surface area contributed by atoms with Crippen LogP contribution in [0.4, 0.5) is 11.5 Å². The summed E-state index contributed by atoms with van der Waals surface area (Å²) in [6, 6.07) is 10.3. The van der Waals surface area contributed by atoms with Crippen LogP contribution < -0.4 is 15.8 Å². The van der Waals surface area contributed by atoms with Crippen LogP contribution in [0.2, 0.25) is 0 Å². The van der Waals surface area contributed by atoms with Crippen molar-refractivity contribution < 1.29 is 4.74 Å². The monoisotopic (exact) mass is 379 g/mol. The lowest BCUT2D eigenvalue weighted by Crippen LogP contribution is -2.36. The number of ether oxygens (including phenoxy) is 1. The minimum atomic E-state index is -0.125. The molecule has 146 valence electrons. The van der Waals surface area contributed by atoms with Crippen molar-refractivity contribution in [3.05, 3.63) is 58.6 Å². The van der Waals surface area contributed by atoms with Gasteiger partial charge >= 0.3 is 0 Å². The average Bonchev–Trinajstić information content (AvgIpc) is 2.73. The Morgan fingerprint density at radius 2 is 1.89 bits per heavy atom. The zero-order chi connectivity index (χ0) is 19.5.